The molecule has 0 fully saturated rings. The lowest BCUT2D eigenvalue weighted by Gasteiger charge is -2.20. The average molecular weight is 579 g/mol. The minimum atomic E-state index is 0.0913. The first-order valence-corrected chi connectivity index (χ1v) is 15.7. The molecule has 2 unspecified atom stereocenters. The van der Waals surface area contributed by atoms with Crippen molar-refractivity contribution in [1.82, 2.24) is 16.0 Å². The van der Waals surface area contributed by atoms with Crippen LogP contribution in [0.2, 0.25) is 0 Å². The van der Waals surface area contributed by atoms with Crippen molar-refractivity contribution in [3.63, 3.8) is 0 Å². The molecule has 2 aliphatic rings. The van der Waals surface area contributed by atoms with Gasteiger partial charge in [0.05, 0.1) is 19.1 Å². The molecule has 2 heterocycles. The highest BCUT2D eigenvalue weighted by molar-refractivity contribution is 8.13. The standard InChI is InChI=1S/C17H19N3.C14H15N.C4H8N2S/c1-3-7-14(8-4-1)13-16(15-9-5-2-6-10-15)20-17-18-11-12-19-17;15-14(13-9-5-2-6-10-13)11-12-7-3-1-4-8-12;1-7-4-5-2-3-6-4/h1-10,16H,11-13H2,(H2,18,19,20);1-10,14H,11,15H2;2-3H2,1H3,(H,5,6). The second-order valence-electron chi connectivity index (χ2n) is 9.98. The molecule has 6 rings (SSSR count). The van der Waals surface area contributed by atoms with E-state index in [-0.39, 0.29) is 12.1 Å². The van der Waals surface area contributed by atoms with E-state index in [9.17, 15) is 0 Å². The van der Waals surface area contributed by atoms with Crippen LogP contribution in [0.3, 0.4) is 0 Å². The van der Waals surface area contributed by atoms with Crippen LogP contribution in [0.1, 0.15) is 34.3 Å². The quantitative estimate of drug-likeness (QED) is 0.224. The van der Waals surface area contributed by atoms with Gasteiger partial charge in [0.25, 0.3) is 0 Å². The molecule has 7 heteroatoms. The third-order valence-corrected chi connectivity index (χ3v) is 7.49. The van der Waals surface area contributed by atoms with Crippen molar-refractivity contribution in [3.8, 4) is 0 Å². The van der Waals surface area contributed by atoms with E-state index in [1.807, 2.05) is 42.7 Å². The fourth-order valence-corrected chi connectivity index (χ4v) is 5.11. The monoisotopic (exact) mass is 578 g/mol. The lowest BCUT2D eigenvalue weighted by atomic mass is 9.99. The molecule has 0 saturated carbocycles. The Morgan fingerprint density at radius 2 is 1.17 bits per heavy atom. The van der Waals surface area contributed by atoms with Crippen LogP contribution in [0.4, 0.5) is 0 Å². The normalized spacial score (nSPS) is 14.8. The fourth-order valence-electron chi connectivity index (χ4n) is 4.65. The third-order valence-electron chi connectivity index (χ3n) is 6.83. The Morgan fingerprint density at radius 1 is 0.667 bits per heavy atom. The van der Waals surface area contributed by atoms with Crippen LogP contribution in [-0.4, -0.2) is 43.6 Å². The molecule has 5 N–H and O–H groups in total. The largest absolute Gasteiger partial charge is 0.363 e. The van der Waals surface area contributed by atoms with Gasteiger partial charge in [-0.2, -0.15) is 0 Å². The van der Waals surface area contributed by atoms with Gasteiger partial charge in [0.15, 0.2) is 11.1 Å². The summed E-state index contributed by atoms with van der Waals surface area (Å²) in [5.41, 5.74) is 11.2. The van der Waals surface area contributed by atoms with Crippen LogP contribution < -0.4 is 21.7 Å². The second-order valence-corrected chi connectivity index (χ2v) is 10.8. The van der Waals surface area contributed by atoms with Gasteiger partial charge in [0, 0.05) is 19.1 Å². The van der Waals surface area contributed by atoms with Gasteiger partial charge >= 0.3 is 0 Å². The molecule has 0 spiro atoms. The molecule has 0 aromatic heterocycles. The highest BCUT2D eigenvalue weighted by Gasteiger charge is 2.15. The summed E-state index contributed by atoms with van der Waals surface area (Å²) in [6.07, 6.45) is 3.87. The summed E-state index contributed by atoms with van der Waals surface area (Å²) < 4.78 is 0. The first kappa shape index (κ1) is 30.9. The van der Waals surface area contributed by atoms with Crippen LogP contribution in [0.5, 0.6) is 0 Å². The molecular formula is C35H42N6S. The summed E-state index contributed by atoms with van der Waals surface area (Å²) in [6, 6.07) is 42.0. The predicted molar refractivity (Wildman–Crippen MR) is 180 cm³/mol. The van der Waals surface area contributed by atoms with Crippen LogP contribution >= 0.6 is 11.8 Å². The van der Waals surface area contributed by atoms with Crippen molar-refractivity contribution in [2.45, 2.75) is 24.9 Å². The Hall–Kier alpha value is -4.07. The molecule has 0 aliphatic carbocycles. The summed E-state index contributed by atoms with van der Waals surface area (Å²) >= 11 is 1.67. The van der Waals surface area contributed by atoms with Crippen LogP contribution in [0.15, 0.2) is 131 Å². The van der Waals surface area contributed by atoms with Crippen LogP contribution in [0, 0.1) is 0 Å². The van der Waals surface area contributed by atoms with Gasteiger partial charge < -0.3 is 21.7 Å². The number of hydrogen-bond donors (Lipinski definition) is 4. The number of hydrogen-bond acceptors (Lipinski definition) is 7. The Balaban J connectivity index is 0.000000161. The summed E-state index contributed by atoms with van der Waals surface area (Å²) in [7, 11) is 0. The molecule has 42 heavy (non-hydrogen) atoms. The Kier molecular flexibility index (Phi) is 13.0. The average Bonchev–Trinajstić information content (AvgIpc) is 3.78. The molecule has 0 amide bonds. The van der Waals surface area contributed by atoms with Gasteiger partial charge in [0.2, 0.25) is 0 Å². The van der Waals surface area contributed by atoms with Crippen molar-refractivity contribution in [2.24, 2.45) is 15.7 Å². The molecule has 0 bridgehead atoms. The number of nitrogens with zero attached hydrogens (tertiary/aromatic N) is 2. The topological polar surface area (TPSA) is 86.8 Å². The molecular weight excluding hydrogens is 536 g/mol. The molecule has 218 valence electrons. The molecule has 0 radical (unpaired) electrons. The van der Waals surface area contributed by atoms with E-state index in [0.29, 0.717) is 0 Å². The zero-order valence-corrected chi connectivity index (χ0v) is 25.1. The van der Waals surface area contributed by atoms with E-state index in [2.05, 4.69) is 111 Å². The number of benzene rings is 4. The molecule has 4 aromatic rings. The van der Waals surface area contributed by atoms with Crippen molar-refractivity contribution < 1.29 is 0 Å². The zero-order valence-electron chi connectivity index (χ0n) is 24.3. The van der Waals surface area contributed by atoms with Gasteiger partial charge in [-0.05, 0) is 41.4 Å². The lowest BCUT2D eigenvalue weighted by Crippen LogP contribution is -2.37. The van der Waals surface area contributed by atoms with Gasteiger partial charge in [-0.3, -0.25) is 9.98 Å². The van der Waals surface area contributed by atoms with Gasteiger partial charge in [-0.1, -0.05) is 133 Å². The Bertz CT molecular complexity index is 1350. The van der Waals surface area contributed by atoms with Crippen molar-refractivity contribution in [1.29, 1.82) is 0 Å². The highest BCUT2D eigenvalue weighted by Crippen LogP contribution is 2.18. The second kappa shape index (κ2) is 17.7. The molecule has 2 aliphatic heterocycles. The van der Waals surface area contributed by atoms with Gasteiger partial charge in [-0.15, -0.1) is 0 Å². The summed E-state index contributed by atoms with van der Waals surface area (Å²) in [4.78, 5) is 8.56. The smallest absolute Gasteiger partial charge is 0.191 e. The number of guanidine groups is 1. The molecule has 6 nitrogen and oxygen atoms in total. The maximum atomic E-state index is 6.13. The Labute approximate surface area is 255 Å². The van der Waals surface area contributed by atoms with Crippen molar-refractivity contribution in [3.05, 3.63) is 144 Å². The minimum absolute atomic E-state index is 0.0913. The summed E-state index contributed by atoms with van der Waals surface area (Å²) in [5.74, 6) is 0.912. The fraction of sp³-hybridized carbons (Fsp3) is 0.257. The first-order chi connectivity index (χ1) is 20.7. The maximum absolute atomic E-state index is 6.13. The zero-order chi connectivity index (χ0) is 29.2. The number of thioether (sulfide) groups is 1. The van der Waals surface area contributed by atoms with Gasteiger partial charge in [-0.25, -0.2) is 0 Å². The van der Waals surface area contributed by atoms with Crippen LogP contribution in [0.25, 0.3) is 0 Å². The predicted octanol–water partition coefficient (Wildman–Crippen LogP) is 5.76. The number of amidine groups is 1. The lowest BCUT2D eigenvalue weighted by molar-refractivity contribution is 0.634. The number of aliphatic imine (C=N–C) groups is 2. The Morgan fingerprint density at radius 3 is 1.64 bits per heavy atom. The van der Waals surface area contributed by atoms with Crippen molar-refractivity contribution >= 4 is 22.9 Å². The third kappa shape index (κ3) is 10.7. The number of nitrogens with one attached hydrogen (secondary N) is 3. The van der Waals surface area contributed by atoms with E-state index in [4.69, 9.17) is 5.73 Å². The van der Waals surface area contributed by atoms with E-state index in [1.165, 1.54) is 22.3 Å². The van der Waals surface area contributed by atoms with Crippen LogP contribution in [-0.2, 0) is 12.8 Å². The van der Waals surface area contributed by atoms with Crippen molar-refractivity contribution in [2.75, 3.05) is 32.4 Å². The highest BCUT2D eigenvalue weighted by atomic mass is 32.2. The maximum Gasteiger partial charge on any atom is 0.191 e. The number of rotatable bonds is 7. The van der Waals surface area contributed by atoms with E-state index < -0.39 is 0 Å². The summed E-state index contributed by atoms with van der Waals surface area (Å²) in [6.45, 7) is 3.76. The molecule has 4 aromatic carbocycles. The first-order valence-electron chi connectivity index (χ1n) is 14.5. The van der Waals surface area contributed by atoms with Gasteiger partial charge in [0.1, 0.15) is 0 Å². The van der Waals surface area contributed by atoms with E-state index >= 15 is 0 Å². The van der Waals surface area contributed by atoms with E-state index in [0.717, 1.165) is 50.1 Å². The molecule has 0 saturated heterocycles. The minimum Gasteiger partial charge on any atom is -0.363 e. The number of nitrogens with two attached hydrogens (primary N) is 1. The molecule has 2 atom stereocenters. The van der Waals surface area contributed by atoms with E-state index in [1.54, 1.807) is 11.8 Å². The SMILES string of the molecule is CSC1=NCCN1.NC(Cc1ccccc1)c1ccccc1.c1ccc(CC(NC2=NCCN2)c2ccccc2)cc1. The summed E-state index contributed by atoms with van der Waals surface area (Å²) in [5, 5.41) is 11.0.